The monoisotopic (exact) mass is 854 g/mol. The normalized spacial score (nSPS) is 27.0. The maximum Gasteiger partial charge on any atom is 0.252 e. The van der Waals surface area contributed by atoms with E-state index in [1.165, 1.54) is 77.9 Å². The fourth-order valence-corrected chi connectivity index (χ4v) is 17.9. The lowest BCUT2D eigenvalue weighted by atomic mass is 9.40. The summed E-state index contributed by atoms with van der Waals surface area (Å²) in [4.78, 5) is 15.4. The standard InChI is InChI=1S/C56H60N2O2P2/c1-2-38-22-21-35-47-50(38)52-44-32-16-15-31-43(44)51(47)53(57-55(59)45-33-17-19-36-48(45)61(39-23-7-3-8-24-39)40-25-9-4-10-26-40)54(52)58-56(60)46-34-18-20-37-49(46)62(41-27-11-5-12-28-41)42-29-13-6-14-30-42/h3-14,17-20,23-30,33-34,36-38,43-44,47,50-54,56,58,60H,2,15-16,21-22,31-32,35H2,1H3,(H,57,59)/t38?,43?,44?,47?,50?,51?,52?,53-,54-,56?/m1/s1. The fourth-order valence-electron chi connectivity index (χ4n) is 13.0. The Hall–Kier alpha value is -4.43. The van der Waals surface area contributed by atoms with E-state index in [2.05, 4.69) is 181 Å². The second-order valence-electron chi connectivity index (χ2n) is 18.3. The van der Waals surface area contributed by atoms with Crippen molar-refractivity contribution in [2.75, 3.05) is 0 Å². The fraction of sp³-hybridized carbons (Fsp3) is 0.339. The molecule has 6 heteroatoms. The molecule has 10 atom stereocenters. The third-order valence-corrected chi connectivity index (χ3v) is 20.3. The highest BCUT2D eigenvalue weighted by Crippen LogP contribution is 2.64. The van der Waals surface area contributed by atoms with Crippen LogP contribution in [-0.2, 0) is 0 Å². The zero-order valence-corrected chi connectivity index (χ0v) is 37.6. The van der Waals surface area contributed by atoms with Gasteiger partial charge in [-0.1, -0.05) is 203 Å². The van der Waals surface area contributed by atoms with Crippen molar-refractivity contribution < 1.29 is 9.90 Å². The number of benzene rings is 6. The quantitative estimate of drug-likeness (QED) is 0.0850. The maximum absolute atomic E-state index is 15.4. The van der Waals surface area contributed by atoms with E-state index in [0.717, 1.165) is 16.4 Å². The van der Waals surface area contributed by atoms with Crippen LogP contribution in [0.5, 0.6) is 0 Å². The summed E-state index contributed by atoms with van der Waals surface area (Å²) in [5.41, 5.74) is 1.70. The summed E-state index contributed by atoms with van der Waals surface area (Å²) in [5.74, 6) is 3.86. The van der Waals surface area contributed by atoms with E-state index in [1.54, 1.807) is 0 Å². The minimum atomic E-state index is -0.980. The van der Waals surface area contributed by atoms with Gasteiger partial charge in [0.2, 0.25) is 0 Å². The number of aliphatic hydroxyl groups excluding tert-OH is 1. The molecule has 1 amide bonds. The van der Waals surface area contributed by atoms with Gasteiger partial charge in [-0.25, -0.2) is 0 Å². The van der Waals surface area contributed by atoms with Gasteiger partial charge in [-0.3, -0.25) is 10.1 Å². The molecule has 4 nitrogen and oxygen atoms in total. The number of hydrogen-bond acceptors (Lipinski definition) is 3. The minimum Gasteiger partial charge on any atom is -0.374 e. The Labute approximate surface area is 371 Å². The topological polar surface area (TPSA) is 61.4 Å². The summed E-state index contributed by atoms with van der Waals surface area (Å²) in [6.07, 6.45) is 9.18. The maximum atomic E-state index is 15.4. The molecule has 5 aliphatic carbocycles. The van der Waals surface area contributed by atoms with Crippen molar-refractivity contribution in [3.05, 3.63) is 181 Å². The molecule has 0 aliphatic heterocycles. The lowest BCUT2D eigenvalue weighted by molar-refractivity contribution is -0.165. The summed E-state index contributed by atoms with van der Waals surface area (Å²) in [5, 5.41) is 28.0. The lowest BCUT2D eigenvalue weighted by Gasteiger charge is -2.67. The molecule has 6 aromatic carbocycles. The number of carbonyl (C=O) groups excluding carboxylic acids is 1. The number of rotatable bonds is 12. The molecule has 0 saturated heterocycles. The summed E-state index contributed by atoms with van der Waals surface area (Å²) in [6.45, 7) is 2.41. The molecular weight excluding hydrogens is 795 g/mol. The van der Waals surface area contributed by atoms with Crippen LogP contribution < -0.4 is 42.5 Å². The first-order chi connectivity index (χ1) is 30.6. The zero-order chi connectivity index (χ0) is 42.0. The van der Waals surface area contributed by atoms with Crippen LogP contribution in [0.3, 0.4) is 0 Å². The van der Waals surface area contributed by atoms with Gasteiger partial charge in [-0.2, -0.15) is 0 Å². The van der Waals surface area contributed by atoms with Gasteiger partial charge in [-0.15, -0.1) is 0 Å². The van der Waals surface area contributed by atoms with Crippen LogP contribution in [0.1, 0.15) is 80.4 Å². The van der Waals surface area contributed by atoms with Gasteiger partial charge in [0.15, 0.2) is 0 Å². The molecule has 3 N–H and O–H groups in total. The van der Waals surface area contributed by atoms with E-state index in [9.17, 15) is 5.11 Å². The van der Waals surface area contributed by atoms with Gasteiger partial charge >= 0.3 is 0 Å². The third-order valence-electron chi connectivity index (χ3n) is 15.3. The van der Waals surface area contributed by atoms with Crippen LogP contribution in [-0.4, -0.2) is 23.1 Å². The van der Waals surface area contributed by atoms with Crippen LogP contribution in [0.4, 0.5) is 0 Å². The Morgan fingerprint density at radius 2 is 1.00 bits per heavy atom. The molecule has 316 valence electrons. The number of nitrogens with one attached hydrogen (secondary N) is 2. The molecule has 8 unspecified atom stereocenters. The summed E-state index contributed by atoms with van der Waals surface area (Å²) < 4.78 is 0. The van der Waals surface area contributed by atoms with Crippen molar-refractivity contribution in [1.29, 1.82) is 0 Å². The predicted molar refractivity (Wildman–Crippen MR) is 260 cm³/mol. The smallest absolute Gasteiger partial charge is 0.252 e. The number of hydrogen-bond donors (Lipinski definition) is 3. The molecule has 5 fully saturated rings. The lowest BCUT2D eigenvalue weighted by Crippen LogP contribution is -2.73. The minimum absolute atomic E-state index is 0.0163. The molecule has 5 saturated carbocycles. The van der Waals surface area contributed by atoms with Crippen LogP contribution >= 0.6 is 15.8 Å². The Morgan fingerprint density at radius 3 is 1.56 bits per heavy atom. The second kappa shape index (κ2) is 18.7. The predicted octanol–water partition coefficient (Wildman–Crippen LogP) is 9.46. The Kier molecular flexibility index (Phi) is 12.6. The molecule has 0 radical (unpaired) electrons. The first-order valence-electron chi connectivity index (χ1n) is 23.3. The van der Waals surface area contributed by atoms with E-state index < -0.39 is 22.1 Å². The molecule has 2 bridgehead atoms. The summed E-state index contributed by atoms with van der Waals surface area (Å²) in [6, 6.07) is 59.8. The van der Waals surface area contributed by atoms with E-state index in [0.29, 0.717) is 41.4 Å². The number of aliphatic hydroxyl groups is 1. The summed E-state index contributed by atoms with van der Waals surface area (Å²) >= 11 is 0. The van der Waals surface area contributed by atoms with Gasteiger partial charge in [0.25, 0.3) is 5.91 Å². The van der Waals surface area contributed by atoms with Gasteiger partial charge in [0.1, 0.15) is 6.23 Å². The van der Waals surface area contributed by atoms with Crippen LogP contribution in [0, 0.1) is 41.4 Å². The molecule has 6 aromatic rings. The molecule has 0 heterocycles. The van der Waals surface area contributed by atoms with Gasteiger partial charge < -0.3 is 10.4 Å². The molecule has 0 aromatic heterocycles. The van der Waals surface area contributed by atoms with Crippen molar-refractivity contribution in [2.24, 2.45) is 41.4 Å². The van der Waals surface area contributed by atoms with E-state index in [4.69, 9.17) is 0 Å². The first kappa shape index (κ1) is 41.6. The van der Waals surface area contributed by atoms with Crippen LogP contribution in [0.2, 0.25) is 0 Å². The Balaban J connectivity index is 1.06. The molecule has 11 rings (SSSR count). The number of fused-ring (bicyclic) bond motifs is 1. The van der Waals surface area contributed by atoms with Crippen molar-refractivity contribution in [2.45, 2.75) is 76.6 Å². The van der Waals surface area contributed by atoms with E-state index in [-0.39, 0.29) is 18.0 Å². The first-order valence-corrected chi connectivity index (χ1v) is 26.0. The van der Waals surface area contributed by atoms with E-state index >= 15 is 4.79 Å². The highest BCUT2D eigenvalue weighted by atomic mass is 31.1. The third kappa shape index (κ3) is 7.92. The molecule has 62 heavy (non-hydrogen) atoms. The second-order valence-corrected chi connectivity index (χ2v) is 22.7. The average Bonchev–Trinajstić information content (AvgIpc) is 3.33. The van der Waals surface area contributed by atoms with E-state index in [1.807, 2.05) is 6.07 Å². The highest BCUT2D eigenvalue weighted by Gasteiger charge is 2.64. The van der Waals surface area contributed by atoms with Gasteiger partial charge in [0.05, 0.1) is 0 Å². The SMILES string of the molecule is CCC1CCCC2C1C1C3CCCCC3C2[C@@H](NC(=O)c2ccccc2P(c2ccccc2)c2ccccc2)[C@@H]1NC(O)c1ccccc1P(c1ccccc1)c1ccccc1. The van der Waals surface area contributed by atoms with Gasteiger partial charge in [0, 0.05) is 23.2 Å². The number of carbonyl (C=O) groups is 1. The van der Waals surface area contributed by atoms with Crippen molar-refractivity contribution in [3.8, 4) is 0 Å². The molecule has 0 spiro atoms. The van der Waals surface area contributed by atoms with Crippen molar-refractivity contribution in [1.82, 2.24) is 10.6 Å². The van der Waals surface area contributed by atoms with Crippen LogP contribution in [0.15, 0.2) is 170 Å². The van der Waals surface area contributed by atoms with Crippen molar-refractivity contribution in [3.63, 3.8) is 0 Å². The molecular formula is C56H60N2O2P2. The Bertz CT molecular complexity index is 2340. The summed E-state index contributed by atoms with van der Waals surface area (Å²) in [7, 11) is -1.92. The van der Waals surface area contributed by atoms with Gasteiger partial charge in [-0.05, 0) is 114 Å². The van der Waals surface area contributed by atoms with Crippen molar-refractivity contribution >= 4 is 53.6 Å². The molecule has 5 aliphatic rings. The highest BCUT2D eigenvalue weighted by molar-refractivity contribution is 7.80. The van der Waals surface area contributed by atoms with Crippen LogP contribution in [0.25, 0.3) is 0 Å². The average molecular weight is 855 g/mol. The number of amides is 1. The largest absolute Gasteiger partial charge is 0.374 e. The Morgan fingerprint density at radius 1 is 0.532 bits per heavy atom. The zero-order valence-electron chi connectivity index (χ0n) is 35.8.